The van der Waals surface area contributed by atoms with Crippen molar-refractivity contribution in [2.75, 3.05) is 13.2 Å². The third-order valence-electron chi connectivity index (χ3n) is 1.47. The quantitative estimate of drug-likeness (QED) is 0.764. The molecule has 84 valence electrons. The van der Waals surface area contributed by atoms with E-state index in [9.17, 15) is 13.6 Å². The molecule has 4 nitrogen and oxygen atoms in total. The normalized spacial score (nSPS) is 10.9. The Morgan fingerprint density at radius 2 is 2.40 bits per heavy atom. The van der Waals surface area contributed by atoms with Crippen LogP contribution in [0.15, 0.2) is 5.38 Å². The summed E-state index contributed by atoms with van der Waals surface area (Å²) in [5.74, 6) is -1.09. The maximum Gasteiger partial charge on any atom is 0.355 e. The van der Waals surface area contributed by atoms with Crippen LogP contribution in [0.2, 0.25) is 0 Å². The van der Waals surface area contributed by atoms with Crippen molar-refractivity contribution in [3.05, 3.63) is 16.1 Å². The highest BCUT2D eigenvalue weighted by molar-refractivity contribution is 7.09. The minimum Gasteiger partial charge on any atom is -0.476 e. The van der Waals surface area contributed by atoms with Crippen molar-refractivity contribution < 1.29 is 23.4 Å². The van der Waals surface area contributed by atoms with Crippen LogP contribution in [-0.2, 0) is 11.2 Å². The van der Waals surface area contributed by atoms with Gasteiger partial charge in [0.2, 0.25) is 0 Å². The molecule has 0 saturated carbocycles. The average Bonchev–Trinajstić information content (AvgIpc) is 2.60. The Labute approximate surface area is 88.5 Å². The van der Waals surface area contributed by atoms with E-state index < -0.39 is 19.0 Å². The van der Waals surface area contributed by atoms with Crippen LogP contribution in [0.4, 0.5) is 8.78 Å². The third-order valence-corrected chi connectivity index (χ3v) is 2.38. The second-order valence-electron chi connectivity index (χ2n) is 2.65. The van der Waals surface area contributed by atoms with Crippen molar-refractivity contribution in [3.8, 4) is 0 Å². The SMILES string of the molecule is O=C(O)c1csc(CCOCC(F)F)n1. The van der Waals surface area contributed by atoms with Gasteiger partial charge in [0.1, 0.15) is 6.61 Å². The molecule has 0 saturated heterocycles. The van der Waals surface area contributed by atoms with Gasteiger partial charge in [0.25, 0.3) is 6.43 Å². The van der Waals surface area contributed by atoms with Crippen LogP contribution in [0.5, 0.6) is 0 Å². The molecule has 0 spiro atoms. The zero-order valence-electron chi connectivity index (χ0n) is 7.65. The van der Waals surface area contributed by atoms with Gasteiger partial charge in [-0.2, -0.15) is 0 Å². The van der Waals surface area contributed by atoms with E-state index in [1.807, 2.05) is 0 Å². The van der Waals surface area contributed by atoms with Crippen molar-refractivity contribution in [1.82, 2.24) is 4.98 Å². The molecule has 0 aliphatic rings. The van der Waals surface area contributed by atoms with Crippen molar-refractivity contribution in [2.24, 2.45) is 0 Å². The molecule has 0 atom stereocenters. The van der Waals surface area contributed by atoms with E-state index in [-0.39, 0.29) is 12.3 Å². The van der Waals surface area contributed by atoms with Crippen molar-refractivity contribution >= 4 is 17.3 Å². The summed E-state index contributed by atoms with van der Waals surface area (Å²) in [5.41, 5.74) is -0.0242. The summed E-state index contributed by atoms with van der Waals surface area (Å²) in [7, 11) is 0. The Bertz CT molecular complexity index is 329. The van der Waals surface area contributed by atoms with Gasteiger partial charge in [0.05, 0.1) is 11.6 Å². The lowest BCUT2D eigenvalue weighted by Gasteiger charge is -2.00. The second-order valence-corrected chi connectivity index (χ2v) is 3.59. The number of ether oxygens (including phenoxy) is 1. The molecule has 1 aromatic heterocycles. The molecule has 1 rings (SSSR count). The van der Waals surface area contributed by atoms with Crippen LogP contribution in [0.25, 0.3) is 0 Å². The average molecular weight is 237 g/mol. The van der Waals surface area contributed by atoms with Gasteiger partial charge < -0.3 is 9.84 Å². The molecule has 1 heterocycles. The maximum atomic E-state index is 11.7. The van der Waals surface area contributed by atoms with Gasteiger partial charge in [-0.05, 0) is 0 Å². The molecule has 1 aromatic rings. The molecule has 0 fully saturated rings. The monoisotopic (exact) mass is 237 g/mol. The highest BCUT2D eigenvalue weighted by atomic mass is 32.1. The Morgan fingerprint density at radius 1 is 1.67 bits per heavy atom. The number of nitrogens with zero attached hydrogens (tertiary/aromatic N) is 1. The van der Waals surface area contributed by atoms with E-state index in [4.69, 9.17) is 5.11 Å². The van der Waals surface area contributed by atoms with E-state index >= 15 is 0 Å². The van der Waals surface area contributed by atoms with E-state index in [1.54, 1.807) is 0 Å². The Balaban J connectivity index is 2.29. The number of alkyl halides is 2. The number of rotatable bonds is 6. The number of aromatic carboxylic acids is 1. The number of aromatic nitrogens is 1. The molecule has 0 radical (unpaired) electrons. The number of halogens is 2. The van der Waals surface area contributed by atoms with Crippen LogP contribution in [0, 0.1) is 0 Å². The molecule has 15 heavy (non-hydrogen) atoms. The second kappa shape index (κ2) is 5.72. The summed E-state index contributed by atoms with van der Waals surface area (Å²) in [6, 6.07) is 0. The zero-order chi connectivity index (χ0) is 11.3. The molecule has 0 aromatic carbocycles. The topological polar surface area (TPSA) is 59.4 Å². The number of carbonyl (C=O) groups is 1. The molecular formula is C8H9F2NO3S. The minimum atomic E-state index is -2.48. The number of carboxylic acid groups (broad SMARTS) is 1. The molecule has 0 aliphatic carbocycles. The summed E-state index contributed by atoms with van der Waals surface area (Å²) in [6.07, 6.45) is -2.12. The van der Waals surface area contributed by atoms with E-state index in [2.05, 4.69) is 9.72 Å². The highest BCUT2D eigenvalue weighted by Gasteiger charge is 2.08. The number of hydrogen-bond donors (Lipinski definition) is 1. The molecule has 1 N–H and O–H groups in total. The molecular weight excluding hydrogens is 228 g/mol. The fourth-order valence-corrected chi connectivity index (χ4v) is 1.61. The molecule has 7 heteroatoms. The van der Waals surface area contributed by atoms with Crippen molar-refractivity contribution in [2.45, 2.75) is 12.8 Å². The number of hydrogen-bond acceptors (Lipinski definition) is 4. The van der Waals surface area contributed by atoms with Gasteiger partial charge in [0, 0.05) is 11.8 Å². The summed E-state index contributed by atoms with van der Waals surface area (Å²) in [5, 5.41) is 10.5. The number of carboxylic acids is 1. The van der Waals surface area contributed by atoms with Crippen molar-refractivity contribution in [1.29, 1.82) is 0 Å². The first kappa shape index (κ1) is 12.0. The Morgan fingerprint density at radius 3 is 2.93 bits per heavy atom. The van der Waals surface area contributed by atoms with Gasteiger partial charge in [-0.3, -0.25) is 0 Å². The van der Waals surface area contributed by atoms with Crippen LogP contribution < -0.4 is 0 Å². The molecule has 0 unspecified atom stereocenters. The van der Waals surface area contributed by atoms with E-state index in [0.29, 0.717) is 11.4 Å². The Hall–Kier alpha value is -1.08. The van der Waals surface area contributed by atoms with Gasteiger partial charge in [-0.15, -0.1) is 11.3 Å². The molecule has 0 aliphatic heterocycles. The summed E-state index contributed by atoms with van der Waals surface area (Å²) in [4.78, 5) is 14.2. The first-order valence-corrected chi connectivity index (χ1v) is 5.01. The summed E-state index contributed by atoms with van der Waals surface area (Å²) < 4.78 is 27.9. The fraction of sp³-hybridized carbons (Fsp3) is 0.500. The molecule has 0 bridgehead atoms. The first-order valence-electron chi connectivity index (χ1n) is 4.13. The largest absolute Gasteiger partial charge is 0.476 e. The lowest BCUT2D eigenvalue weighted by molar-refractivity contribution is 0.0187. The van der Waals surface area contributed by atoms with Crippen LogP contribution in [0.3, 0.4) is 0 Å². The smallest absolute Gasteiger partial charge is 0.355 e. The predicted molar refractivity (Wildman–Crippen MR) is 49.6 cm³/mol. The Kier molecular flexibility index (Phi) is 4.57. The van der Waals surface area contributed by atoms with Gasteiger partial charge >= 0.3 is 5.97 Å². The van der Waals surface area contributed by atoms with Crippen LogP contribution >= 0.6 is 11.3 Å². The van der Waals surface area contributed by atoms with Crippen LogP contribution in [-0.4, -0.2) is 35.7 Å². The molecule has 0 amide bonds. The standard InChI is InChI=1S/C8H9F2NO3S/c9-6(10)3-14-2-1-7-11-5(4-15-7)8(12)13/h4,6H,1-3H2,(H,12,13). The van der Waals surface area contributed by atoms with Gasteiger partial charge in [-0.1, -0.05) is 0 Å². The van der Waals surface area contributed by atoms with E-state index in [1.165, 1.54) is 16.7 Å². The maximum absolute atomic E-state index is 11.7. The predicted octanol–water partition coefficient (Wildman–Crippen LogP) is 1.67. The first-order chi connectivity index (χ1) is 7.09. The highest BCUT2D eigenvalue weighted by Crippen LogP contribution is 2.10. The fourth-order valence-electron chi connectivity index (χ4n) is 0.856. The van der Waals surface area contributed by atoms with Gasteiger partial charge in [0.15, 0.2) is 5.69 Å². The van der Waals surface area contributed by atoms with Crippen molar-refractivity contribution in [3.63, 3.8) is 0 Å². The third kappa shape index (κ3) is 4.30. The lowest BCUT2D eigenvalue weighted by atomic mass is 10.4. The minimum absolute atomic E-state index is 0.0242. The number of thiazole rings is 1. The van der Waals surface area contributed by atoms with E-state index in [0.717, 1.165) is 0 Å². The summed E-state index contributed by atoms with van der Waals surface area (Å²) >= 11 is 1.18. The summed E-state index contributed by atoms with van der Waals surface area (Å²) in [6.45, 7) is -0.478. The van der Waals surface area contributed by atoms with Gasteiger partial charge in [-0.25, -0.2) is 18.6 Å². The van der Waals surface area contributed by atoms with Crippen LogP contribution in [0.1, 0.15) is 15.5 Å². The lowest BCUT2D eigenvalue weighted by Crippen LogP contribution is -2.07. The zero-order valence-corrected chi connectivity index (χ0v) is 8.47.